The Morgan fingerprint density at radius 1 is 1.32 bits per heavy atom. The van der Waals surface area contributed by atoms with E-state index >= 15 is 0 Å². The second kappa shape index (κ2) is 11.8. The van der Waals surface area contributed by atoms with Crippen molar-refractivity contribution in [3.63, 3.8) is 0 Å². The maximum Gasteiger partial charge on any atom is 0.242 e. The minimum Gasteiger partial charge on any atom is -0.387 e. The molecule has 1 aliphatic carbocycles. The van der Waals surface area contributed by atoms with E-state index in [1.54, 1.807) is 12.5 Å². The van der Waals surface area contributed by atoms with E-state index in [1.807, 2.05) is 11.5 Å². The van der Waals surface area contributed by atoms with E-state index in [-0.39, 0.29) is 17.4 Å². The van der Waals surface area contributed by atoms with Crippen molar-refractivity contribution >= 4 is 11.7 Å². The smallest absolute Gasteiger partial charge is 0.242 e. The molecule has 0 spiro atoms. The number of hydrogen-bond acceptors (Lipinski definition) is 5. The van der Waals surface area contributed by atoms with Gasteiger partial charge in [0.1, 0.15) is 11.6 Å². The highest BCUT2D eigenvalue weighted by molar-refractivity contribution is 5.94. The number of carbonyl (C=O) groups is 1. The number of β-amino-alcohol motifs (C(OH)–C–C–N with tert-alkyl or cyclic N) is 1. The first-order valence-corrected chi connectivity index (χ1v) is 13.9. The van der Waals surface area contributed by atoms with Gasteiger partial charge >= 0.3 is 0 Å². The lowest BCUT2D eigenvalue weighted by atomic mass is 9.87. The van der Waals surface area contributed by atoms with Gasteiger partial charge in [0.25, 0.3) is 0 Å². The van der Waals surface area contributed by atoms with Crippen LogP contribution in [0.4, 0.5) is 14.6 Å². The maximum absolute atomic E-state index is 14.4. The van der Waals surface area contributed by atoms with Gasteiger partial charge in [-0.1, -0.05) is 34.1 Å². The largest absolute Gasteiger partial charge is 0.387 e. The van der Waals surface area contributed by atoms with Gasteiger partial charge in [-0.2, -0.15) is 0 Å². The van der Waals surface area contributed by atoms with Crippen molar-refractivity contribution < 1.29 is 18.7 Å². The van der Waals surface area contributed by atoms with Gasteiger partial charge in [-0.15, -0.1) is 0 Å². The van der Waals surface area contributed by atoms with E-state index in [0.717, 1.165) is 38.4 Å². The molecule has 210 valence electrons. The highest BCUT2D eigenvalue weighted by atomic mass is 19.1. The zero-order chi connectivity index (χ0) is 27.5. The molecule has 38 heavy (non-hydrogen) atoms. The molecule has 1 fully saturated rings. The van der Waals surface area contributed by atoms with Gasteiger partial charge in [-0.05, 0) is 67.7 Å². The summed E-state index contributed by atoms with van der Waals surface area (Å²) < 4.78 is 29.8. The Morgan fingerprint density at radius 3 is 2.84 bits per heavy atom. The minimum atomic E-state index is -0.840. The van der Waals surface area contributed by atoms with Crippen molar-refractivity contribution in [2.75, 3.05) is 25.0 Å². The molecule has 2 heterocycles. The number of piperidine rings is 1. The molecule has 3 atom stereocenters. The molecule has 0 saturated carbocycles. The summed E-state index contributed by atoms with van der Waals surface area (Å²) in [6.45, 7) is 11.6. The van der Waals surface area contributed by atoms with Gasteiger partial charge in [-0.3, -0.25) is 9.69 Å². The second-order valence-corrected chi connectivity index (χ2v) is 12.5. The van der Waals surface area contributed by atoms with Gasteiger partial charge < -0.3 is 20.3 Å². The Balaban J connectivity index is 1.34. The van der Waals surface area contributed by atoms with Crippen LogP contribution in [0.3, 0.4) is 0 Å². The van der Waals surface area contributed by atoms with E-state index in [4.69, 9.17) is 0 Å². The first-order chi connectivity index (χ1) is 17.9. The Morgan fingerprint density at radius 2 is 2.11 bits per heavy atom. The average molecular weight is 532 g/mol. The van der Waals surface area contributed by atoms with E-state index in [9.17, 15) is 18.7 Å². The standard InChI is InChI=1S/C29H43F2N5O2/c1-5-7-25(33-22-9-8-20-12-21(30)13-24(31)23(20)14-22)27(37)34-26-15-36(19-32-26)18-29(38)10-6-11-35(17-29)16-28(2,3)4/h12-13,15,19,22,25,33,38H,5-11,14,16-18H2,1-4H3,(H,34,37)/t22-,25-,29?/m0/s1. The van der Waals surface area contributed by atoms with Crippen molar-refractivity contribution in [1.82, 2.24) is 19.8 Å². The number of nitrogens with one attached hydrogen (secondary N) is 2. The van der Waals surface area contributed by atoms with Crippen LogP contribution < -0.4 is 10.6 Å². The fraction of sp³-hybridized carbons (Fsp3) is 0.655. The van der Waals surface area contributed by atoms with Crippen molar-refractivity contribution in [1.29, 1.82) is 0 Å². The molecule has 0 bridgehead atoms. The summed E-state index contributed by atoms with van der Waals surface area (Å²) in [5, 5.41) is 17.6. The fourth-order valence-electron chi connectivity index (χ4n) is 6.00. The molecule has 2 aromatic rings. The van der Waals surface area contributed by atoms with Crippen molar-refractivity contribution in [2.45, 2.75) is 96.9 Å². The van der Waals surface area contributed by atoms with Crippen LogP contribution in [0.15, 0.2) is 24.7 Å². The molecule has 1 unspecified atom stereocenters. The van der Waals surface area contributed by atoms with Crippen LogP contribution in [-0.4, -0.2) is 62.8 Å². The Kier molecular flexibility index (Phi) is 8.89. The van der Waals surface area contributed by atoms with Gasteiger partial charge in [0.2, 0.25) is 5.91 Å². The van der Waals surface area contributed by atoms with Crippen LogP contribution in [-0.2, 0) is 24.2 Å². The van der Waals surface area contributed by atoms with E-state index in [2.05, 4.69) is 41.3 Å². The molecule has 1 saturated heterocycles. The number of likely N-dealkylation sites (tertiary alicyclic amines) is 1. The number of halogens is 2. The normalized spacial score (nSPS) is 23.2. The number of anilines is 1. The summed E-state index contributed by atoms with van der Waals surface area (Å²) in [4.78, 5) is 19.9. The number of benzene rings is 1. The molecule has 1 aromatic heterocycles. The first-order valence-electron chi connectivity index (χ1n) is 13.9. The van der Waals surface area contributed by atoms with Crippen LogP contribution >= 0.6 is 0 Å². The average Bonchev–Trinajstić information content (AvgIpc) is 3.23. The monoisotopic (exact) mass is 531 g/mol. The summed E-state index contributed by atoms with van der Waals surface area (Å²) in [5.74, 6) is -0.808. The summed E-state index contributed by atoms with van der Waals surface area (Å²) in [5.41, 5.74) is 0.573. The van der Waals surface area contributed by atoms with Crippen molar-refractivity contribution in [3.05, 3.63) is 47.4 Å². The third-order valence-electron chi connectivity index (χ3n) is 7.49. The molecule has 1 aliphatic heterocycles. The Bertz CT molecular complexity index is 1110. The zero-order valence-electron chi connectivity index (χ0n) is 23.2. The number of amides is 1. The van der Waals surface area contributed by atoms with Gasteiger partial charge in [0.05, 0.1) is 24.5 Å². The predicted molar refractivity (Wildman–Crippen MR) is 145 cm³/mol. The van der Waals surface area contributed by atoms with Gasteiger partial charge in [0.15, 0.2) is 5.82 Å². The molecule has 1 amide bonds. The van der Waals surface area contributed by atoms with Gasteiger partial charge in [0, 0.05) is 31.4 Å². The molecule has 0 radical (unpaired) electrons. The van der Waals surface area contributed by atoms with Crippen molar-refractivity contribution in [2.24, 2.45) is 5.41 Å². The fourth-order valence-corrected chi connectivity index (χ4v) is 6.00. The molecule has 7 nitrogen and oxygen atoms in total. The van der Waals surface area contributed by atoms with E-state index in [0.29, 0.717) is 55.7 Å². The topological polar surface area (TPSA) is 82.4 Å². The summed E-state index contributed by atoms with van der Waals surface area (Å²) in [7, 11) is 0. The number of aromatic nitrogens is 2. The summed E-state index contributed by atoms with van der Waals surface area (Å²) in [6.07, 6.45) is 8.24. The lowest BCUT2D eigenvalue weighted by Gasteiger charge is -2.41. The lowest BCUT2D eigenvalue weighted by Crippen LogP contribution is -2.52. The van der Waals surface area contributed by atoms with E-state index < -0.39 is 23.3 Å². The third-order valence-corrected chi connectivity index (χ3v) is 7.49. The number of carbonyl (C=O) groups excluding carboxylic acids is 1. The molecular formula is C29H43F2N5O2. The lowest BCUT2D eigenvalue weighted by molar-refractivity contribution is -0.118. The quantitative estimate of drug-likeness (QED) is 0.450. The number of aryl methyl sites for hydroxylation is 1. The number of imidazole rings is 1. The number of hydrogen-bond donors (Lipinski definition) is 3. The maximum atomic E-state index is 14.4. The Hall–Kier alpha value is -2.36. The number of fused-ring (bicyclic) bond motifs is 1. The summed E-state index contributed by atoms with van der Waals surface area (Å²) >= 11 is 0. The van der Waals surface area contributed by atoms with E-state index in [1.165, 1.54) is 6.07 Å². The summed E-state index contributed by atoms with van der Waals surface area (Å²) in [6, 6.07) is 1.82. The van der Waals surface area contributed by atoms with Crippen LogP contribution in [0.1, 0.15) is 70.9 Å². The van der Waals surface area contributed by atoms with Gasteiger partial charge in [-0.25, -0.2) is 13.8 Å². The highest BCUT2D eigenvalue weighted by Crippen LogP contribution is 2.27. The number of aliphatic hydroxyl groups is 1. The highest BCUT2D eigenvalue weighted by Gasteiger charge is 2.35. The molecular weight excluding hydrogens is 488 g/mol. The van der Waals surface area contributed by atoms with Crippen molar-refractivity contribution in [3.8, 4) is 0 Å². The second-order valence-electron chi connectivity index (χ2n) is 12.5. The first kappa shape index (κ1) is 28.6. The SMILES string of the molecule is CCC[C@H](N[C@H]1CCc2cc(F)cc(F)c2C1)C(=O)Nc1cn(CC2(O)CCCN(CC(C)(C)C)C2)cn1. The van der Waals surface area contributed by atoms with Crippen LogP contribution in [0.5, 0.6) is 0 Å². The van der Waals surface area contributed by atoms with Crippen LogP contribution in [0.2, 0.25) is 0 Å². The molecule has 3 N–H and O–H groups in total. The molecule has 9 heteroatoms. The molecule has 1 aromatic carbocycles. The molecule has 4 rings (SSSR count). The number of rotatable bonds is 9. The van der Waals surface area contributed by atoms with Crippen LogP contribution in [0, 0.1) is 17.0 Å². The number of nitrogens with zero attached hydrogens (tertiary/aromatic N) is 3. The third kappa shape index (κ3) is 7.61. The molecule has 2 aliphatic rings. The Labute approximate surface area is 225 Å². The zero-order valence-corrected chi connectivity index (χ0v) is 23.2. The predicted octanol–water partition coefficient (Wildman–Crippen LogP) is 4.29. The minimum absolute atomic E-state index is 0.0705. The van der Waals surface area contributed by atoms with Crippen LogP contribution in [0.25, 0.3) is 0 Å².